The van der Waals surface area contributed by atoms with E-state index < -0.39 is 0 Å². The second-order valence-electron chi connectivity index (χ2n) is 3.38. The number of hydrogen-bond donors (Lipinski definition) is 1. The largest absolute Gasteiger partial charge is 0.308 e. The zero-order valence-corrected chi connectivity index (χ0v) is 8.12. The first kappa shape index (κ1) is 9.72. The minimum Gasteiger partial charge on any atom is -0.308 e. The minimum atomic E-state index is 0.554. The SMILES string of the molecule is CC(C)/C=C\c1ccccc1C=N. The van der Waals surface area contributed by atoms with E-state index in [9.17, 15) is 0 Å². The summed E-state index contributed by atoms with van der Waals surface area (Å²) in [5.41, 5.74) is 2.09. The van der Waals surface area contributed by atoms with Crippen molar-refractivity contribution in [1.82, 2.24) is 0 Å². The van der Waals surface area contributed by atoms with Crippen LogP contribution in [0, 0.1) is 11.3 Å². The van der Waals surface area contributed by atoms with Crippen LogP contribution in [0.25, 0.3) is 6.08 Å². The molecule has 13 heavy (non-hydrogen) atoms. The summed E-state index contributed by atoms with van der Waals surface area (Å²) in [5, 5.41) is 7.21. The Balaban J connectivity index is 2.93. The fourth-order valence-electron chi connectivity index (χ4n) is 1.09. The van der Waals surface area contributed by atoms with E-state index in [2.05, 4.69) is 26.0 Å². The van der Waals surface area contributed by atoms with Crippen LogP contribution >= 0.6 is 0 Å². The van der Waals surface area contributed by atoms with Crippen LogP contribution in [0.4, 0.5) is 0 Å². The molecule has 0 aliphatic rings. The molecule has 1 rings (SSSR count). The molecule has 68 valence electrons. The van der Waals surface area contributed by atoms with Gasteiger partial charge in [0.15, 0.2) is 0 Å². The zero-order chi connectivity index (χ0) is 9.68. The van der Waals surface area contributed by atoms with Gasteiger partial charge in [-0.2, -0.15) is 0 Å². The van der Waals surface area contributed by atoms with Crippen molar-refractivity contribution in [1.29, 1.82) is 5.41 Å². The highest BCUT2D eigenvalue weighted by Gasteiger charge is 1.93. The topological polar surface area (TPSA) is 23.9 Å². The first-order chi connectivity index (χ1) is 6.24. The number of rotatable bonds is 3. The molecule has 0 saturated carbocycles. The fourth-order valence-corrected chi connectivity index (χ4v) is 1.09. The van der Waals surface area contributed by atoms with Crippen LogP contribution in [0.15, 0.2) is 30.3 Å². The smallest absolute Gasteiger partial charge is 0.0256 e. The van der Waals surface area contributed by atoms with Crippen molar-refractivity contribution in [3.8, 4) is 0 Å². The Bertz CT molecular complexity index is 311. The second kappa shape index (κ2) is 4.61. The summed E-state index contributed by atoms with van der Waals surface area (Å²) in [6, 6.07) is 7.92. The maximum atomic E-state index is 7.21. The molecule has 0 aliphatic heterocycles. The third-order valence-corrected chi connectivity index (χ3v) is 1.81. The van der Waals surface area contributed by atoms with Gasteiger partial charge in [-0.05, 0) is 17.0 Å². The van der Waals surface area contributed by atoms with Crippen LogP contribution in [0.1, 0.15) is 25.0 Å². The monoisotopic (exact) mass is 173 g/mol. The molecule has 1 nitrogen and oxygen atoms in total. The number of hydrogen-bond acceptors (Lipinski definition) is 1. The van der Waals surface area contributed by atoms with Crippen molar-refractivity contribution >= 4 is 12.3 Å². The molecule has 0 atom stereocenters. The lowest BCUT2D eigenvalue weighted by Gasteiger charge is -1.99. The van der Waals surface area contributed by atoms with Crippen LogP contribution in [-0.2, 0) is 0 Å². The molecule has 1 N–H and O–H groups in total. The van der Waals surface area contributed by atoms with Gasteiger partial charge in [-0.1, -0.05) is 50.3 Å². The predicted octanol–water partition coefficient (Wildman–Crippen LogP) is 3.35. The quantitative estimate of drug-likeness (QED) is 0.678. The van der Waals surface area contributed by atoms with Crippen molar-refractivity contribution in [2.45, 2.75) is 13.8 Å². The van der Waals surface area contributed by atoms with Gasteiger partial charge in [0.1, 0.15) is 0 Å². The molecule has 0 bridgehead atoms. The van der Waals surface area contributed by atoms with E-state index in [0.29, 0.717) is 5.92 Å². The lowest BCUT2D eigenvalue weighted by Crippen LogP contribution is -1.85. The highest BCUT2D eigenvalue weighted by molar-refractivity contribution is 5.83. The predicted molar refractivity (Wildman–Crippen MR) is 58.2 cm³/mol. The summed E-state index contributed by atoms with van der Waals surface area (Å²) >= 11 is 0. The van der Waals surface area contributed by atoms with Crippen LogP contribution in [0.5, 0.6) is 0 Å². The van der Waals surface area contributed by atoms with Gasteiger partial charge in [-0.25, -0.2) is 0 Å². The Morgan fingerprint density at radius 3 is 2.31 bits per heavy atom. The maximum absolute atomic E-state index is 7.21. The summed E-state index contributed by atoms with van der Waals surface area (Å²) in [7, 11) is 0. The Kier molecular flexibility index (Phi) is 3.44. The molecule has 1 aromatic rings. The van der Waals surface area contributed by atoms with E-state index >= 15 is 0 Å². The van der Waals surface area contributed by atoms with E-state index in [0.717, 1.165) is 11.1 Å². The molecule has 0 radical (unpaired) electrons. The standard InChI is InChI=1S/C12H15N/c1-10(2)7-8-11-5-3-4-6-12(11)9-13/h3-10,13H,1-2H3/b8-7-,13-9?. The molecule has 1 heteroatoms. The summed E-state index contributed by atoms with van der Waals surface area (Å²) in [4.78, 5) is 0. The molecule has 0 heterocycles. The number of allylic oxidation sites excluding steroid dienone is 1. The molecule has 0 saturated heterocycles. The van der Waals surface area contributed by atoms with Gasteiger partial charge in [0.05, 0.1) is 0 Å². The minimum absolute atomic E-state index is 0.554. The lowest BCUT2D eigenvalue weighted by molar-refractivity contribution is 0.836. The van der Waals surface area contributed by atoms with Crippen molar-refractivity contribution in [3.05, 3.63) is 41.5 Å². The molecule has 0 spiro atoms. The summed E-state index contributed by atoms with van der Waals surface area (Å²) in [6.45, 7) is 4.28. The van der Waals surface area contributed by atoms with Gasteiger partial charge >= 0.3 is 0 Å². The molecular formula is C12H15N. The normalized spacial score (nSPS) is 11.0. The highest BCUT2D eigenvalue weighted by Crippen LogP contribution is 2.09. The number of benzene rings is 1. The molecule has 0 aromatic heterocycles. The maximum Gasteiger partial charge on any atom is 0.0256 e. The first-order valence-electron chi connectivity index (χ1n) is 4.51. The van der Waals surface area contributed by atoms with Crippen molar-refractivity contribution in [3.63, 3.8) is 0 Å². The van der Waals surface area contributed by atoms with Crippen molar-refractivity contribution < 1.29 is 0 Å². The van der Waals surface area contributed by atoms with Crippen molar-refractivity contribution in [2.24, 2.45) is 5.92 Å². The Morgan fingerprint density at radius 2 is 1.77 bits per heavy atom. The van der Waals surface area contributed by atoms with E-state index in [4.69, 9.17) is 5.41 Å². The summed E-state index contributed by atoms with van der Waals surface area (Å²) in [6.07, 6.45) is 5.60. The Hall–Kier alpha value is -1.37. The highest BCUT2D eigenvalue weighted by atomic mass is 14.3. The first-order valence-corrected chi connectivity index (χ1v) is 4.51. The second-order valence-corrected chi connectivity index (χ2v) is 3.38. The van der Waals surface area contributed by atoms with Gasteiger partial charge in [-0.15, -0.1) is 0 Å². The molecular weight excluding hydrogens is 158 g/mol. The van der Waals surface area contributed by atoms with Crippen LogP contribution in [0.2, 0.25) is 0 Å². The van der Waals surface area contributed by atoms with E-state index in [1.54, 1.807) is 0 Å². The van der Waals surface area contributed by atoms with Gasteiger partial charge < -0.3 is 5.41 Å². The average molecular weight is 173 g/mol. The zero-order valence-electron chi connectivity index (χ0n) is 8.12. The third kappa shape index (κ3) is 2.86. The van der Waals surface area contributed by atoms with Gasteiger partial charge in [-0.3, -0.25) is 0 Å². The van der Waals surface area contributed by atoms with Gasteiger partial charge in [0.25, 0.3) is 0 Å². The molecule has 0 fully saturated rings. The van der Waals surface area contributed by atoms with E-state index in [1.165, 1.54) is 6.21 Å². The van der Waals surface area contributed by atoms with Gasteiger partial charge in [0.2, 0.25) is 0 Å². The van der Waals surface area contributed by atoms with Crippen LogP contribution in [-0.4, -0.2) is 6.21 Å². The molecule has 0 aliphatic carbocycles. The Labute approximate surface area is 79.6 Å². The van der Waals surface area contributed by atoms with Crippen LogP contribution in [0.3, 0.4) is 0 Å². The van der Waals surface area contributed by atoms with Crippen molar-refractivity contribution in [2.75, 3.05) is 0 Å². The molecule has 0 amide bonds. The summed E-state index contributed by atoms with van der Waals surface area (Å²) in [5.74, 6) is 0.554. The fraction of sp³-hybridized carbons (Fsp3) is 0.250. The third-order valence-electron chi connectivity index (χ3n) is 1.81. The van der Waals surface area contributed by atoms with E-state index in [-0.39, 0.29) is 0 Å². The summed E-state index contributed by atoms with van der Waals surface area (Å²) < 4.78 is 0. The van der Waals surface area contributed by atoms with E-state index in [1.807, 2.05) is 24.3 Å². The molecule has 1 aromatic carbocycles. The Morgan fingerprint density at radius 1 is 1.15 bits per heavy atom. The number of nitrogens with one attached hydrogen (secondary N) is 1. The van der Waals surface area contributed by atoms with Gasteiger partial charge in [0, 0.05) is 6.21 Å². The molecule has 0 unspecified atom stereocenters. The van der Waals surface area contributed by atoms with Crippen LogP contribution < -0.4 is 0 Å². The average Bonchev–Trinajstić information content (AvgIpc) is 2.15. The lowest BCUT2D eigenvalue weighted by atomic mass is 10.1.